The van der Waals surface area contributed by atoms with Gasteiger partial charge < -0.3 is 4.74 Å². The van der Waals surface area contributed by atoms with Gasteiger partial charge in [0.2, 0.25) is 0 Å². The molecule has 0 aliphatic carbocycles. The number of ether oxygens (including phenoxy) is 1. The number of hydrogen-bond donors (Lipinski definition) is 1. The van der Waals surface area contributed by atoms with E-state index in [-0.39, 0.29) is 6.09 Å². The SMILES string of the molecule is Cc1cccc2c1C(C)(C)OC(=O)N2. The van der Waals surface area contributed by atoms with E-state index in [2.05, 4.69) is 5.32 Å². The summed E-state index contributed by atoms with van der Waals surface area (Å²) in [5.74, 6) is 0. The predicted octanol–water partition coefficient (Wildman–Crippen LogP) is 2.79. The minimum atomic E-state index is -0.539. The van der Waals surface area contributed by atoms with Crippen molar-refractivity contribution in [2.75, 3.05) is 5.32 Å². The number of fused-ring (bicyclic) bond motifs is 1. The predicted molar refractivity (Wildman–Crippen MR) is 54.3 cm³/mol. The first-order valence-corrected chi connectivity index (χ1v) is 4.61. The van der Waals surface area contributed by atoms with Crippen molar-refractivity contribution in [3.8, 4) is 0 Å². The molecule has 1 aliphatic heterocycles. The Bertz CT molecular complexity index is 396. The number of carbonyl (C=O) groups excluding carboxylic acids is 1. The van der Waals surface area contributed by atoms with Gasteiger partial charge in [-0.25, -0.2) is 4.79 Å². The zero-order valence-electron chi connectivity index (χ0n) is 8.55. The van der Waals surface area contributed by atoms with Crippen LogP contribution in [0.25, 0.3) is 0 Å². The van der Waals surface area contributed by atoms with Crippen molar-refractivity contribution < 1.29 is 9.53 Å². The average Bonchev–Trinajstić information content (AvgIpc) is 2.00. The van der Waals surface area contributed by atoms with Gasteiger partial charge in [0.1, 0.15) is 5.60 Å². The second-order valence-corrected chi connectivity index (χ2v) is 4.02. The lowest BCUT2D eigenvalue weighted by atomic mass is 9.91. The van der Waals surface area contributed by atoms with Crippen molar-refractivity contribution in [1.82, 2.24) is 0 Å². The van der Waals surface area contributed by atoms with Crippen LogP contribution in [-0.4, -0.2) is 6.09 Å². The molecule has 1 aliphatic rings. The molecule has 0 spiro atoms. The number of cyclic esters (lactones) is 1. The first kappa shape index (κ1) is 9.06. The van der Waals surface area contributed by atoms with Crippen molar-refractivity contribution in [2.24, 2.45) is 0 Å². The van der Waals surface area contributed by atoms with E-state index in [0.29, 0.717) is 0 Å². The standard InChI is InChI=1S/C11H13NO2/c1-7-5-4-6-8-9(7)11(2,3)14-10(13)12-8/h4-6H,1-3H3,(H,12,13). The minimum Gasteiger partial charge on any atom is -0.438 e. The van der Waals surface area contributed by atoms with Crippen LogP contribution in [0.4, 0.5) is 10.5 Å². The first-order valence-electron chi connectivity index (χ1n) is 4.61. The molecule has 1 aromatic carbocycles. The smallest absolute Gasteiger partial charge is 0.412 e. The van der Waals surface area contributed by atoms with Gasteiger partial charge in [0.25, 0.3) is 0 Å². The van der Waals surface area contributed by atoms with Crippen LogP contribution in [0, 0.1) is 6.92 Å². The molecule has 74 valence electrons. The van der Waals surface area contributed by atoms with E-state index < -0.39 is 5.60 Å². The Morgan fingerprint density at radius 1 is 1.36 bits per heavy atom. The Kier molecular flexibility index (Phi) is 1.77. The molecule has 0 aromatic heterocycles. The fraction of sp³-hybridized carbons (Fsp3) is 0.364. The molecule has 14 heavy (non-hydrogen) atoms. The lowest BCUT2D eigenvalue weighted by Gasteiger charge is -2.33. The number of rotatable bonds is 0. The van der Waals surface area contributed by atoms with Gasteiger partial charge in [0.15, 0.2) is 0 Å². The lowest BCUT2D eigenvalue weighted by Crippen LogP contribution is -2.35. The van der Waals surface area contributed by atoms with Crippen LogP contribution in [0.15, 0.2) is 18.2 Å². The number of benzene rings is 1. The van der Waals surface area contributed by atoms with Crippen molar-refractivity contribution in [3.05, 3.63) is 29.3 Å². The number of nitrogens with one attached hydrogen (secondary N) is 1. The highest BCUT2D eigenvalue weighted by Crippen LogP contribution is 2.37. The summed E-state index contributed by atoms with van der Waals surface area (Å²) in [6.07, 6.45) is -0.381. The van der Waals surface area contributed by atoms with Crippen molar-refractivity contribution in [1.29, 1.82) is 0 Å². The largest absolute Gasteiger partial charge is 0.438 e. The quantitative estimate of drug-likeness (QED) is 0.684. The van der Waals surface area contributed by atoms with E-state index in [1.807, 2.05) is 39.0 Å². The second kappa shape index (κ2) is 2.74. The molecule has 0 saturated carbocycles. The Morgan fingerprint density at radius 3 is 2.79 bits per heavy atom. The fourth-order valence-corrected chi connectivity index (χ4v) is 1.99. The maximum absolute atomic E-state index is 11.2. The number of anilines is 1. The summed E-state index contributed by atoms with van der Waals surface area (Å²) in [6, 6.07) is 5.84. The molecule has 1 amide bonds. The van der Waals surface area contributed by atoms with E-state index in [0.717, 1.165) is 16.8 Å². The molecule has 2 rings (SSSR count). The normalized spacial score (nSPS) is 18.1. The van der Waals surface area contributed by atoms with Crippen LogP contribution in [0.1, 0.15) is 25.0 Å². The number of aryl methyl sites for hydroxylation is 1. The Balaban J connectivity index is 2.64. The Morgan fingerprint density at radius 2 is 2.07 bits per heavy atom. The van der Waals surface area contributed by atoms with Crippen LogP contribution in [0.2, 0.25) is 0 Å². The van der Waals surface area contributed by atoms with Gasteiger partial charge in [-0.1, -0.05) is 12.1 Å². The molecule has 1 aromatic rings. The number of hydrogen-bond acceptors (Lipinski definition) is 2. The maximum Gasteiger partial charge on any atom is 0.412 e. The van der Waals surface area contributed by atoms with Crippen LogP contribution in [0.3, 0.4) is 0 Å². The van der Waals surface area contributed by atoms with Crippen molar-refractivity contribution in [2.45, 2.75) is 26.4 Å². The summed E-state index contributed by atoms with van der Waals surface area (Å²) in [6.45, 7) is 5.82. The van der Waals surface area contributed by atoms with Crippen LogP contribution in [-0.2, 0) is 10.3 Å². The van der Waals surface area contributed by atoms with Gasteiger partial charge in [-0.05, 0) is 32.4 Å². The van der Waals surface area contributed by atoms with Crippen LogP contribution < -0.4 is 5.32 Å². The summed E-state index contributed by atoms with van der Waals surface area (Å²) in [4.78, 5) is 11.2. The molecule has 1 N–H and O–H groups in total. The molecule has 0 unspecified atom stereocenters. The maximum atomic E-state index is 11.2. The lowest BCUT2D eigenvalue weighted by molar-refractivity contribution is 0.0416. The van der Waals surface area contributed by atoms with Crippen LogP contribution >= 0.6 is 0 Å². The summed E-state index contributed by atoms with van der Waals surface area (Å²) in [5, 5.41) is 2.70. The van der Waals surface area contributed by atoms with E-state index in [9.17, 15) is 4.79 Å². The summed E-state index contributed by atoms with van der Waals surface area (Å²) >= 11 is 0. The Hall–Kier alpha value is -1.51. The van der Waals surface area contributed by atoms with Crippen molar-refractivity contribution in [3.63, 3.8) is 0 Å². The number of carbonyl (C=O) groups is 1. The minimum absolute atomic E-state index is 0.381. The fourth-order valence-electron chi connectivity index (χ4n) is 1.99. The van der Waals surface area contributed by atoms with E-state index in [4.69, 9.17) is 4.74 Å². The zero-order valence-corrected chi connectivity index (χ0v) is 8.55. The highest BCUT2D eigenvalue weighted by Gasteiger charge is 2.34. The van der Waals surface area contributed by atoms with Gasteiger partial charge in [-0.2, -0.15) is 0 Å². The molecule has 3 nitrogen and oxygen atoms in total. The summed E-state index contributed by atoms with van der Waals surface area (Å²) in [7, 11) is 0. The van der Waals surface area contributed by atoms with Gasteiger partial charge in [0.05, 0.1) is 5.69 Å². The molecular weight excluding hydrogens is 178 g/mol. The van der Waals surface area contributed by atoms with Crippen molar-refractivity contribution >= 4 is 11.8 Å². The molecule has 0 radical (unpaired) electrons. The zero-order chi connectivity index (χ0) is 10.3. The van der Waals surface area contributed by atoms with Gasteiger partial charge >= 0.3 is 6.09 Å². The second-order valence-electron chi connectivity index (χ2n) is 4.02. The first-order chi connectivity index (χ1) is 6.50. The molecule has 0 atom stereocenters. The van der Waals surface area contributed by atoms with Gasteiger partial charge in [0, 0.05) is 5.56 Å². The molecule has 1 heterocycles. The van der Waals surface area contributed by atoms with Crippen LogP contribution in [0.5, 0.6) is 0 Å². The molecule has 0 saturated heterocycles. The number of amides is 1. The third-order valence-electron chi connectivity index (χ3n) is 2.46. The van der Waals surface area contributed by atoms with E-state index in [1.54, 1.807) is 0 Å². The molecular formula is C11H13NO2. The summed E-state index contributed by atoms with van der Waals surface area (Å²) < 4.78 is 5.23. The third kappa shape index (κ3) is 1.25. The Labute approximate surface area is 83.1 Å². The molecule has 0 bridgehead atoms. The van der Waals surface area contributed by atoms with E-state index >= 15 is 0 Å². The summed E-state index contributed by atoms with van der Waals surface area (Å²) in [5.41, 5.74) is 2.50. The highest BCUT2D eigenvalue weighted by atomic mass is 16.6. The van der Waals surface area contributed by atoms with E-state index in [1.165, 1.54) is 0 Å². The average molecular weight is 191 g/mol. The van der Waals surface area contributed by atoms with Gasteiger partial charge in [-0.3, -0.25) is 5.32 Å². The monoisotopic (exact) mass is 191 g/mol. The molecule has 0 fully saturated rings. The van der Waals surface area contributed by atoms with Gasteiger partial charge in [-0.15, -0.1) is 0 Å². The highest BCUT2D eigenvalue weighted by molar-refractivity contribution is 5.89. The third-order valence-corrected chi connectivity index (χ3v) is 2.46. The topological polar surface area (TPSA) is 38.3 Å². The molecule has 3 heteroatoms.